The molecule has 0 bridgehead atoms. The largest absolute Gasteiger partial charge is 0.378 e. The number of hydrogen-bond acceptors (Lipinski definition) is 5. The Balaban J connectivity index is 1.97. The summed E-state index contributed by atoms with van der Waals surface area (Å²) in [5.41, 5.74) is 1.88. The van der Waals surface area contributed by atoms with Gasteiger partial charge in [-0.25, -0.2) is 0 Å². The third kappa shape index (κ3) is 3.79. The maximum Gasteiger partial charge on any atom is 0.237 e. The number of carbonyl (C=O) groups is 1. The first-order valence-corrected chi connectivity index (χ1v) is 7.87. The van der Waals surface area contributed by atoms with Gasteiger partial charge in [0, 0.05) is 32.5 Å². The predicted molar refractivity (Wildman–Crippen MR) is 90.5 cm³/mol. The fourth-order valence-corrected chi connectivity index (χ4v) is 2.65. The number of aromatic nitrogens is 3. The highest BCUT2D eigenvalue weighted by atomic mass is 32.2. The van der Waals surface area contributed by atoms with E-state index < -0.39 is 0 Å². The van der Waals surface area contributed by atoms with Crippen LogP contribution in [0.15, 0.2) is 29.4 Å². The van der Waals surface area contributed by atoms with Gasteiger partial charge in [0.1, 0.15) is 5.82 Å². The van der Waals surface area contributed by atoms with Crippen LogP contribution in [0.3, 0.4) is 0 Å². The highest BCUT2D eigenvalue weighted by Gasteiger charge is 2.18. The van der Waals surface area contributed by atoms with Crippen LogP contribution in [0, 0.1) is 6.92 Å². The summed E-state index contributed by atoms with van der Waals surface area (Å²) in [5.74, 6) is 0.776. The molecule has 1 aromatic carbocycles. The van der Waals surface area contributed by atoms with Gasteiger partial charge in [0.05, 0.1) is 5.25 Å². The number of nitrogens with one attached hydrogen (secondary N) is 1. The van der Waals surface area contributed by atoms with Gasteiger partial charge in [-0.2, -0.15) is 0 Å². The van der Waals surface area contributed by atoms with Gasteiger partial charge >= 0.3 is 0 Å². The summed E-state index contributed by atoms with van der Waals surface area (Å²) in [6, 6.07) is 7.74. The molecule has 1 heterocycles. The van der Waals surface area contributed by atoms with Crippen molar-refractivity contribution in [2.45, 2.75) is 24.3 Å². The Morgan fingerprint density at radius 2 is 1.91 bits per heavy atom. The van der Waals surface area contributed by atoms with Crippen LogP contribution < -0.4 is 10.2 Å². The minimum atomic E-state index is -0.254. The van der Waals surface area contributed by atoms with Crippen LogP contribution in [-0.4, -0.2) is 40.0 Å². The summed E-state index contributed by atoms with van der Waals surface area (Å²) in [6.07, 6.45) is 0. The van der Waals surface area contributed by atoms with E-state index in [4.69, 9.17) is 0 Å². The fraction of sp³-hybridized carbons (Fsp3) is 0.400. The number of rotatable bonds is 5. The lowest BCUT2D eigenvalue weighted by molar-refractivity contribution is -0.115. The third-order valence-electron chi connectivity index (χ3n) is 3.36. The van der Waals surface area contributed by atoms with E-state index in [1.807, 2.05) is 68.7 Å². The van der Waals surface area contributed by atoms with Crippen LogP contribution in [-0.2, 0) is 11.8 Å². The van der Waals surface area contributed by atoms with E-state index in [2.05, 4.69) is 15.5 Å². The molecule has 1 aromatic heterocycles. The lowest BCUT2D eigenvalue weighted by atomic mass is 10.2. The zero-order valence-electron chi connectivity index (χ0n) is 13.5. The van der Waals surface area contributed by atoms with E-state index >= 15 is 0 Å². The van der Waals surface area contributed by atoms with Gasteiger partial charge in [-0.15, -0.1) is 10.2 Å². The second kappa shape index (κ2) is 6.83. The van der Waals surface area contributed by atoms with Crippen LogP contribution in [0.4, 0.5) is 11.4 Å². The fourth-order valence-electron chi connectivity index (χ4n) is 1.79. The first kappa shape index (κ1) is 16.4. The SMILES string of the molecule is Cc1nnc(S[C@@H](C)C(=O)Nc2ccc(N(C)C)cc2)n1C. The Morgan fingerprint density at radius 1 is 1.27 bits per heavy atom. The van der Waals surface area contributed by atoms with Crippen LogP contribution >= 0.6 is 11.8 Å². The second-order valence-electron chi connectivity index (χ2n) is 5.28. The second-order valence-corrected chi connectivity index (χ2v) is 6.59. The predicted octanol–water partition coefficient (Wildman–Crippen LogP) is 2.31. The Hall–Kier alpha value is -2.02. The van der Waals surface area contributed by atoms with E-state index in [1.165, 1.54) is 11.8 Å². The zero-order chi connectivity index (χ0) is 16.3. The summed E-state index contributed by atoms with van der Waals surface area (Å²) in [6.45, 7) is 3.74. The van der Waals surface area contributed by atoms with E-state index in [0.29, 0.717) is 0 Å². The van der Waals surface area contributed by atoms with Crippen molar-refractivity contribution in [2.24, 2.45) is 7.05 Å². The lowest BCUT2D eigenvalue weighted by Crippen LogP contribution is -2.22. The number of anilines is 2. The number of aryl methyl sites for hydroxylation is 1. The minimum Gasteiger partial charge on any atom is -0.378 e. The third-order valence-corrected chi connectivity index (χ3v) is 4.49. The Kier molecular flexibility index (Phi) is 5.07. The first-order chi connectivity index (χ1) is 10.4. The molecular weight excluding hydrogens is 298 g/mol. The summed E-state index contributed by atoms with van der Waals surface area (Å²) >= 11 is 1.40. The molecule has 0 unspecified atom stereocenters. The van der Waals surface area contributed by atoms with Gasteiger partial charge in [-0.05, 0) is 38.1 Å². The van der Waals surface area contributed by atoms with Gasteiger partial charge in [0.25, 0.3) is 0 Å². The van der Waals surface area contributed by atoms with Crippen molar-refractivity contribution in [3.05, 3.63) is 30.1 Å². The molecule has 1 N–H and O–H groups in total. The number of benzene rings is 1. The zero-order valence-corrected chi connectivity index (χ0v) is 14.3. The highest BCUT2D eigenvalue weighted by Crippen LogP contribution is 2.23. The molecule has 118 valence electrons. The molecule has 0 aliphatic carbocycles. The Labute approximate surface area is 134 Å². The van der Waals surface area contributed by atoms with Crippen LogP contribution in [0.1, 0.15) is 12.7 Å². The monoisotopic (exact) mass is 319 g/mol. The van der Waals surface area contributed by atoms with Crippen molar-refractivity contribution in [3.8, 4) is 0 Å². The topological polar surface area (TPSA) is 63.1 Å². The molecule has 0 fully saturated rings. The van der Waals surface area contributed by atoms with Crippen LogP contribution in [0.2, 0.25) is 0 Å². The van der Waals surface area contributed by atoms with Crippen molar-refractivity contribution < 1.29 is 4.79 Å². The minimum absolute atomic E-state index is 0.0525. The highest BCUT2D eigenvalue weighted by molar-refractivity contribution is 8.00. The molecule has 2 rings (SSSR count). The van der Waals surface area contributed by atoms with Crippen molar-refractivity contribution >= 4 is 29.0 Å². The lowest BCUT2D eigenvalue weighted by Gasteiger charge is -2.14. The van der Waals surface area contributed by atoms with Crippen molar-refractivity contribution in [1.82, 2.24) is 14.8 Å². The normalized spacial score (nSPS) is 12.0. The standard InChI is InChI=1S/C15H21N5OS/c1-10(22-15-18-17-11(2)20(15)5)14(21)16-12-6-8-13(9-7-12)19(3)4/h6-10H,1-5H3,(H,16,21)/t10-/m0/s1. The maximum absolute atomic E-state index is 12.3. The maximum atomic E-state index is 12.3. The molecule has 7 heteroatoms. The van der Waals surface area contributed by atoms with Crippen molar-refractivity contribution in [3.63, 3.8) is 0 Å². The average molecular weight is 319 g/mol. The van der Waals surface area contributed by atoms with E-state index in [9.17, 15) is 4.79 Å². The van der Waals surface area contributed by atoms with Gasteiger partial charge < -0.3 is 14.8 Å². The molecule has 1 atom stereocenters. The Morgan fingerprint density at radius 3 is 2.41 bits per heavy atom. The van der Waals surface area contributed by atoms with Crippen LogP contribution in [0.5, 0.6) is 0 Å². The number of carbonyl (C=O) groups excluding carboxylic acids is 1. The van der Waals surface area contributed by atoms with E-state index in [-0.39, 0.29) is 11.2 Å². The summed E-state index contributed by atoms with van der Waals surface area (Å²) < 4.78 is 1.88. The smallest absolute Gasteiger partial charge is 0.237 e. The van der Waals surface area contributed by atoms with E-state index in [0.717, 1.165) is 22.4 Å². The molecule has 1 amide bonds. The number of thioether (sulfide) groups is 1. The van der Waals surface area contributed by atoms with Gasteiger partial charge in [-0.1, -0.05) is 11.8 Å². The van der Waals surface area contributed by atoms with Crippen LogP contribution in [0.25, 0.3) is 0 Å². The molecule has 0 radical (unpaired) electrons. The molecule has 2 aromatic rings. The molecule has 0 aliphatic heterocycles. The molecule has 0 aliphatic rings. The molecule has 0 saturated heterocycles. The number of nitrogens with zero attached hydrogens (tertiary/aromatic N) is 4. The molecule has 0 spiro atoms. The number of amides is 1. The molecule has 0 saturated carbocycles. The Bertz CT molecular complexity index is 650. The van der Waals surface area contributed by atoms with E-state index in [1.54, 1.807) is 0 Å². The summed E-state index contributed by atoms with van der Waals surface area (Å²) in [5, 5.41) is 11.5. The van der Waals surface area contributed by atoms with Crippen molar-refractivity contribution in [2.75, 3.05) is 24.3 Å². The average Bonchev–Trinajstić information content (AvgIpc) is 2.79. The van der Waals surface area contributed by atoms with Gasteiger partial charge in [0.2, 0.25) is 5.91 Å². The van der Waals surface area contributed by atoms with Crippen molar-refractivity contribution in [1.29, 1.82) is 0 Å². The van der Waals surface area contributed by atoms with Gasteiger partial charge in [-0.3, -0.25) is 4.79 Å². The molecule has 22 heavy (non-hydrogen) atoms. The number of hydrogen-bond donors (Lipinski definition) is 1. The van der Waals surface area contributed by atoms with Gasteiger partial charge in [0.15, 0.2) is 5.16 Å². The molecule has 6 nitrogen and oxygen atoms in total. The summed E-state index contributed by atoms with van der Waals surface area (Å²) in [7, 11) is 5.85. The molecular formula is C15H21N5OS. The first-order valence-electron chi connectivity index (χ1n) is 6.99. The summed E-state index contributed by atoms with van der Waals surface area (Å²) in [4.78, 5) is 14.3. The quantitative estimate of drug-likeness (QED) is 0.857.